The highest BCUT2D eigenvalue weighted by Gasteiger charge is 2.12. The fraction of sp³-hybridized carbons (Fsp3) is 1.00. The molecule has 0 saturated heterocycles. The molecule has 0 spiro atoms. The minimum Gasteiger partial charge on any atom is -0.319 e. The summed E-state index contributed by atoms with van der Waals surface area (Å²) in [5.74, 6) is 0. The molecule has 2 aromatic rings. The van der Waals surface area contributed by atoms with Gasteiger partial charge in [0, 0.05) is 0 Å². The normalized spacial score (nSPS) is 17.1. The number of rotatable bonds is 4. The Balaban J connectivity index is 2.28. The molecule has 0 aliphatic rings. The molecule has 4 atom stereocenters. The van der Waals surface area contributed by atoms with Gasteiger partial charge >= 0.3 is 0 Å². The van der Waals surface area contributed by atoms with E-state index < -0.39 is 0 Å². The number of hydrogen-bond acceptors (Lipinski definition) is 5. The average molecular weight is 310 g/mol. The van der Waals surface area contributed by atoms with Crippen molar-refractivity contribution in [3.8, 4) is 0 Å². The third kappa shape index (κ3) is 2.48. The molecule has 2 bridgehead atoms. The highest BCUT2D eigenvalue weighted by Crippen LogP contribution is 2.79. The summed E-state index contributed by atoms with van der Waals surface area (Å²) < 4.78 is 11.5. The predicted molar refractivity (Wildman–Crippen MR) is 71.2 cm³/mol. The van der Waals surface area contributed by atoms with Crippen molar-refractivity contribution in [2.45, 2.75) is 13.8 Å². The van der Waals surface area contributed by atoms with Gasteiger partial charge in [-0.1, -0.05) is 31.6 Å². The van der Waals surface area contributed by atoms with Gasteiger partial charge < -0.3 is 9.05 Å². The van der Waals surface area contributed by atoms with Crippen LogP contribution in [0.15, 0.2) is 0 Å². The second kappa shape index (κ2) is 5.21. The smallest absolute Gasteiger partial charge is 0.117 e. The van der Waals surface area contributed by atoms with Crippen molar-refractivity contribution in [2.75, 3.05) is 13.2 Å². The zero-order valence-electron chi connectivity index (χ0n) is 7.24. The Morgan fingerprint density at radius 2 is 1.31 bits per heavy atom. The van der Waals surface area contributed by atoms with Crippen LogP contribution in [0, 0.1) is 0 Å². The molecule has 0 aromatic carbocycles. The summed E-state index contributed by atoms with van der Waals surface area (Å²) in [4.78, 5) is 0. The van der Waals surface area contributed by atoms with Gasteiger partial charge in [0.15, 0.2) is 0 Å². The summed E-state index contributed by atoms with van der Waals surface area (Å²) in [6, 6.07) is 0. The van der Waals surface area contributed by atoms with Crippen LogP contribution in [-0.4, -0.2) is 13.2 Å². The van der Waals surface area contributed by atoms with Gasteiger partial charge in [-0.25, -0.2) is 0 Å². The minimum absolute atomic E-state index is 0.0825. The Kier molecular flexibility index (Phi) is 4.52. The van der Waals surface area contributed by atoms with Gasteiger partial charge in [-0.2, -0.15) is 0 Å². The molecule has 2 heterocycles. The van der Waals surface area contributed by atoms with Crippen LogP contribution in [0.1, 0.15) is 13.8 Å². The molecule has 76 valence electrons. The summed E-state index contributed by atoms with van der Waals surface area (Å²) in [6.07, 6.45) is 0. The van der Waals surface area contributed by atoms with E-state index in [2.05, 4.69) is 45.5 Å². The largest absolute Gasteiger partial charge is 0.319 e. The topological polar surface area (TPSA) is 18.5 Å². The summed E-state index contributed by atoms with van der Waals surface area (Å²) >= 11 is 0. The van der Waals surface area contributed by atoms with Crippen molar-refractivity contribution >= 4 is 55.6 Å². The fourth-order valence-corrected chi connectivity index (χ4v) is 81.2. The zero-order chi connectivity index (χ0) is 9.26. The lowest BCUT2D eigenvalue weighted by Crippen LogP contribution is -1.83. The Hall–Kier alpha value is 1.78. The fourth-order valence-electron chi connectivity index (χ4n) is 0.750. The highest BCUT2D eigenvalue weighted by molar-refractivity contribution is 8.79. The zero-order valence-corrected chi connectivity index (χ0v) is 13.3. The van der Waals surface area contributed by atoms with Crippen LogP contribution >= 0.6 is 55.6 Å². The maximum atomic E-state index is 5.75. The molecule has 2 aromatic heterocycles. The van der Waals surface area contributed by atoms with E-state index in [0.29, 0.717) is 0 Å². The molecule has 0 N–H and O–H groups in total. The number of fused-ring (bicyclic) bond motifs is 2. The van der Waals surface area contributed by atoms with Crippen molar-refractivity contribution < 1.29 is 9.05 Å². The lowest BCUT2D eigenvalue weighted by Gasteiger charge is -1.99. The standard InChI is InChI=1S/C4H10O2P4S3/c1-3-5-7-9-12-8(6-4-2)10(11-7)13-9/h3-4H2,1-2H3. The monoisotopic (exact) mass is 310 g/mol. The Morgan fingerprint density at radius 1 is 0.846 bits per heavy atom. The van der Waals surface area contributed by atoms with Gasteiger partial charge in [0.2, 0.25) is 0 Å². The van der Waals surface area contributed by atoms with Crippen LogP contribution in [-0.2, 0) is 0 Å². The summed E-state index contributed by atoms with van der Waals surface area (Å²) in [5, 5.41) is 0.165. The van der Waals surface area contributed by atoms with E-state index in [1.807, 2.05) is 0 Å². The molecule has 0 amide bonds. The van der Waals surface area contributed by atoms with Gasteiger partial charge in [0.25, 0.3) is 0 Å². The van der Waals surface area contributed by atoms with Gasteiger partial charge in [-0.05, 0) is 13.8 Å². The van der Waals surface area contributed by atoms with Crippen molar-refractivity contribution in [3.05, 3.63) is 0 Å². The van der Waals surface area contributed by atoms with E-state index in [0.717, 1.165) is 13.2 Å². The minimum atomic E-state index is -0.124. The third-order valence-electron chi connectivity index (χ3n) is 1.16. The van der Waals surface area contributed by atoms with Crippen LogP contribution in [0.25, 0.3) is 0 Å². The third-order valence-corrected chi connectivity index (χ3v) is 47.5. The molecule has 0 radical (unpaired) electrons. The van der Waals surface area contributed by atoms with Gasteiger partial charge in [-0.3, -0.25) is 0 Å². The molecule has 13 heavy (non-hydrogen) atoms. The quantitative estimate of drug-likeness (QED) is 0.733. The highest BCUT2D eigenvalue weighted by atomic mass is 33.4. The maximum absolute atomic E-state index is 5.75. The number of hydrogen-bond donors (Lipinski definition) is 0. The molecular weight excluding hydrogens is 300 g/mol. The molecule has 0 aliphatic carbocycles. The van der Waals surface area contributed by atoms with E-state index in [-0.39, 0.29) is 24.0 Å². The molecule has 9 heteroatoms. The van der Waals surface area contributed by atoms with Crippen LogP contribution in [0.3, 0.4) is 0 Å². The molecule has 2 nitrogen and oxygen atoms in total. The Morgan fingerprint density at radius 3 is 1.62 bits per heavy atom. The van der Waals surface area contributed by atoms with Gasteiger partial charge in [-0.15, -0.1) is 0 Å². The van der Waals surface area contributed by atoms with Gasteiger partial charge in [0.05, 0.1) is 24.0 Å². The van der Waals surface area contributed by atoms with E-state index >= 15 is 0 Å². The molecular formula is C4H10O2P4S3. The van der Waals surface area contributed by atoms with E-state index in [1.165, 1.54) is 0 Å². The second-order valence-corrected chi connectivity index (χ2v) is 28.0. The van der Waals surface area contributed by atoms with E-state index in [4.69, 9.17) is 9.05 Å². The summed E-state index contributed by atoms with van der Waals surface area (Å²) in [5.41, 5.74) is 0. The second-order valence-electron chi connectivity index (χ2n) is 2.03. The molecule has 0 fully saturated rings. The maximum Gasteiger partial charge on any atom is 0.117 e. The Bertz CT molecular complexity index is 357. The predicted octanol–water partition coefficient (Wildman–Crippen LogP) is 5.59. The van der Waals surface area contributed by atoms with Crippen molar-refractivity contribution in [1.29, 1.82) is 0 Å². The summed E-state index contributed by atoms with van der Waals surface area (Å²) in [7, 11) is 6.42. The van der Waals surface area contributed by atoms with E-state index in [9.17, 15) is 0 Å². The first kappa shape index (κ1) is 11.3. The first-order valence-electron chi connectivity index (χ1n) is 3.85. The van der Waals surface area contributed by atoms with Crippen LogP contribution < -0.4 is 9.05 Å². The van der Waals surface area contributed by atoms with Crippen LogP contribution in [0.4, 0.5) is 0 Å². The SMILES string of the molecule is CCOp1sp2sp1sp2OCC. The molecule has 0 aliphatic heterocycles. The first-order valence-corrected chi connectivity index (χ1v) is 16.5. The van der Waals surface area contributed by atoms with Crippen LogP contribution in [0.2, 0.25) is 0 Å². The lowest BCUT2D eigenvalue weighted by atomic mass is 10.9. The first-order chi connectivity index (χ1) is 6.35. The van der Waals surface area contributed by atoms with Crippen molar-refractivity contribution in [3.63, 3.8) is 0 Å². The molecule has 2 rings (SSSR count). The molecule has 0 saturated carbocycles. The van der Waals surface area contributed by atoms with E-state index in [1.54, 1.807) is 0 Å². The Labute approximate surface area is 91.4 Å². The van der Waals surface area contributed by atoms with Crippen molar-refractivity contribution in [2.24, 2.45) is 0 Å². The average Bonchev–Trinajstić information content (AvgIpc) is 2.65. The van der Waals surface area contributed by atoms with Crippen LogP contribution in [0.5, 0.6) is 0 Å². The van der Waals surface area contributed by atoms with Gasteiger partial charge in [0.1, 0.15) is 13.2 Å². The summed E-state index contributed by atoms with van der Waals surface area (Å²) in [6.45, 7) is 5.71. The lowest BCUT2D eigenvalue weighted by molar-refractivity contribution is 0.465. The molecule has 4 unspecified atom stereocenters. The van der Waals surface area contributed by atoms with Crippen molar-refractivity contribution in [1.82, 2.24) is 0 Å².